The van der Waals surface area contributed by atoms with E-state index in [1.807, 2.05) is 66.4 Å². The van der Waals surface area contributed by atoms with Crippen LogP contribution >= 0.6 is 11.3 Å². The molecule has 4 aliphatic carbocycles. The van der Waals surface area contributed by atoms with Gasteiger partial charge < -0.3 is 74.8 Å². The number of hydrogen-bond donors (Lipinski definition) is 8. The summed E-state index contributed by atoms with van der Waals surface area (Å²) in [6, 6.07) is 22.2. The number of thiazole rings is 1. The third-order valence-corrected chi connectivity index (χ3v) is 19.2. The molecule has 0 spiro atoms. The molecular weight excluding hydrogens is 1190 g/mol. The predicted molar refractivity (Wildman–Crippen MR) is 339 cm³/mol. The summed E-state index contributed by atoms with van der Waals surface area (Å²) in [6.07, 6.45) is 3.14. The average molecular weight is 1270 g/mol. The molecule has 2 aliphatic heterocycles. The molecule has 9 N–H and O–H groups in total. The zero-order chi connectivity index (χ0) is 64.2. The van der Waals surface area contributed by atoms with E-state index in [-0.39, 0.29) is 59.0 Å². The fraction of sp³-hybridized carbons (Fsp3) is 0.500. The lowest BCUT2D eigenvalue weighted by atomic mass is 9.39. The van der Waals surface area contributed by atoms with Crippen molar-refractivity contribution in [2.45, 2.75) is 122 Å². The Morgan fingerprint density at radius 1 is 0.868 bits per heavy atom. The fourth-order valence-corrected chi connectivity index (χ4v) is 16.1. The summed E-state index contributed by atoms with van der Waals surface area (Å²) in [5.41, 5.74) is 11.9. The number of aliphatic hydroxyl groups is 3. The molecule has 12 rings (SSSR count). The highest BCUT2D eigenvalue weighted by molar-refractivity contribution is 7.22. The molecule has 25 heteroatoms. The molecule has 6 aromatic rings. The lowest BCUT2D eigenvalue weighted by Crippen LogP contribution is -2.64. The number of aromatic carboxylic acids is 1. The summed E-state index contributed by atoms with van der Waals surface area (Å²) in [6.45, 7) is 11.4. The third kappa shape index (κ3) is 14.5. The van der Waals surface area contributed by atoms with Crippen molar-refractivity contribution in [2.75, 3.05) is 88.4 Å². The summed E-state index contributed by atoms with van der Waals surface area (Å²) >= 11 is 1.42. The van der Waals surface area contributed by atoms with Gasteiger partial charge in [-0.2, -0.15) is 5.10 Å². The number of anilines is 3. The van der Waals surface area contributed by atoms with Crippen LogP contribution in [-0.2, 0) is 48.0 Å². The van der Waals surface area contributed by atoms with E-state index in [9.17, 15) is 44.7 Å². The van der Waals surface area contributed by atoms with Crippen LogP contribution in [0.2, 0.25) is 0 Å². The van der Waals surface area contributed by atoms with E-state index in [1.54, 1.807) is 43.6 Å². The second-order valence-corrected chi connectivity index (χ2v) is 26.8. The van der Waals surface area contributed by atoms with E-state index in [0.29, 0.717) is 105 Å². The molecule has 4 bridgehead atoms. The van der Waals surface area contributed by atoms with Gasteiger partial charge in [-0.1, -0.05) is 61.6 Å². The van der Waals surface area contributed by atoms with Crippen molar-refractivity contribution in [1.82, 2.24) is 24.6 Å². The first-order valence-electron chi connectivity index (χ1n) is 31.0. The molecule has 3 aromatic heterocycles. The maximum Gasteiger partial charge on any atom is 0.409 e. The molecule has 7 atom stereocenters. The highest BCUT2D eigenvalue weighted by Crippen LogP contribution is 2.72. The van der Waals surface area contributed by atoms with Crippen molar-refractivity contribution >= 4 is 68.2 Å². The van der Waals surface area contributed by atoms with Crippen molar-refractivity contribution in [2.24, 2.45) is 22.0 Å². The first-order valence-corrected chi connectivity index (χ1v) is 31.8. The molecule has 1 saturated heterocycles. The third-order valence-electron chi connectivity index (χ3n) is 18.2. The van der Waals surface area contributed by atoms with Crippen LogP contribution < -0.4 is 26.0 Å². The Kier molecular flexibility index (Phi) is 19.5. The zero-order valence-corrected chi connectivity index (χ0v) is 52.5. The Morgan fingerprint density at radius 2 is 1.64 bits per heavy atom. The highest BCUT2D eigenvalue weighted by Gasteiger charge is 2.66. The highest BCUT2D eigenvalue weighted by atomic mass is 32.1. The SMILES string of the molecule is Cc1c(-c2ccc(N3CCc4cccc(C(=O)Nc5nc6ccccc6s5)c4C3)nc2C(=O)O)cnn1CC12CC3(C)CC(C)(C1)CC(OCCOCCOCCN(C)C(=O)OC/C=C/c1ccc(O[C@@H]4O[C@H](C(=O)O)[C@@H](O)[C@H](O)[C@H]4O)c(NCCCN)c1)(C3)C2. The van der Waals surface area contributed by atoms with E-state index < -0.39 is 48.7 Å². The van der Waals surface area contributed by atoms with Crippen LogP contribution in [0.15, 0.2) is 85.1 Å². The molecular formula is C66H81N9O15S. The smallest absolute Gasteiger partial charge is 0.409 e. The number of carboxylic acid groups (broad SMARTS) is 2. The van der Waals surface area contributed by atoms with Crippen molar-refractivity contribution in [3.63, 3.8) is 0 Å². The number of hydrogen-bond acceptors (Lipinski definition) is 20. The maximum absolute atomic E-state index is 13.8. The Balaban J connectivity index is 0.629. The first-order chi connectivity index (χ1) is 43.6. The van der Waals surface area contributed by atoms with Gasteiger partial charge in [0, 0.05) is 62.2 Å². The van der Waals surface area contributed by atoms with Gasteiger partial charge in [-0.15, -0.1) is 0 Å². The first kappa shape index (κ1) is 64.9. The Labute approximate surface area is 531 Å². The average Bonchev–Trinajstić information content (AvgIpc) is 0.838. The van der Waals surface area contributed by atoms with Crippen LogP contribution in [0.1, 0.15) is 102 Å². The van der Waals surface area contributed by atoms with Crippen LogP contribution in [-0.4, -0.2) is 183 Å². The number of aliphatic carboxylic acids is 1. The van der Waals surface area contributed by atoms with Gasteiger partial charge >= 0.3 is 18.0 Å². The van der Waals surface area contributed by atoms with Crippen molar-refractivity contribution in [3.05, 3.63) is 119 Å². The minimum atomic E-state index is -1.86. The van der Waals surface area contributed by atoms with Gasteiger partial charge in [0.2, 0.25) is 6.29 Å². The van der Waals surface area contributed by atoms with Crippen molar-refractivity contribution in [3.8, 4) is 16.9 Å². The maximum atomic E-state index is 13.8. The Hall–Kier alpha value is -7.59. The molecule has 5 heterocycles. The molecule has 4 saturated carbocycles. The van der Waals surface area contributed by atoms with Crippen LogP contribution in [0.25, 0.3) is 27.4 Å². The van der Waals surface area contributed by atoms with Crippen LogP contribution in [0.3, 0.4) is 0 Å². The summed E-state index contributed by atoms with van der Waals surface area (Å²) in [5.74, 6) is -2.20. The lowest BCUT2D eigenvalue weighted by Gasteiger charge is -2.69. The number of rotatable bonds is 27. The molecule has 24 nitrogen and oxygen atoms in total. The standard InChI is InChI=1S/C66H81N9O15S/c1-40-45(43-16-18-51(71-52(43)58(80)81)74-22-19-42-11-7-12-44(46(42)32-74)57(79)72-61-70-47-13-5-6-14-50(47)91-61)31-69-75(40)39-65-34-63(2)33-64(3,35-65)37-66(36-63,38-65)88-29-28-86-27-26-85-25-23-73(4)62(84)87-24-8-10-41-15-17-49(48(30-41)68-21-9-20-67)89-60-55(78)53(76)54(77)56(90-60)59(82)83/h5-8,10-18,30-31,53-56,60,68,76-78H,9,19-29,32-39,67H2,1-4H3,(H,80,81)(H,82,83)(H,70,72,79)/b10-8+/t53-,54-,55+,56-,60+,63?,64?,65?,66?/m0/s1. The van der Waals surface area contributed by atoms with Gasteiger partial charge in [-0.25, -0.2) is 24.4 Å². The number of ether oxygens (including phenoxy) is 6. The summed E-state index contributed by atoms with van der Waals surface area (Å²) in [4.78, 5) is 64.1. The normalized spacial score (nSPS) is 25.8. The number of aromatic nitrogens is 4. The van der Waals surface area contributed by atoms with E-state index in [2.05, 4.69) is 34.1 Å². The second-order valence-electron chi connectivity index (χ2n) is 25.7. The number of para-hydroxylation sites is 1. The monoisotopic (exact) mass is 1270 g/mol. The predicted octanol–water partition coefficient (Wildman–Crippen LogP) is 7.36. The summed E-state index contributed by atoms with van der Waals surface area (Å²) in [5, 5.41) is 62.6. The number of benzene rings is 3. The van der Waals surface area contributed by atoms with Gasteiger partial charge in [-0.05, 0) is 146 Å². The molecule has 0 radical (unpaired) electrons. The number of nitrogens with two attached hydrogens (primary N) is 1. The van der Waals surface area contributed by atoms with Crippen molar-refractivity contribution in [1.29, 1.82) is 0 Å². The van der Waals surface area contributed by atoms with E-state index >= 15 is 0 Å². The van der Waals surface area contributed by atoms with Crippen LogP contribution in [0.5, 0.6) is 5.75 Å². The zero-order valence-electron chi connectivity index (χ0n) is 51.7. The fourth-order valence-electron chi connectivity index (χ4n) is 15.3. The number of nitrogens with one attached hydrogen (secondary N) is 2. The van der Waals surface area contributed by atoms with E-state index in [1.165, 1.54) is 16.2 Å². The summed E-state index contributed by atoms with van der Waals surface area (Å²) in [7, 11) is 1.62. The molecule has 6 aliphatic rings. The second kappa shape index (κ2) is 27.3. The molecule has 2 amide bonds. The molecule has 486 valence electrons. The van der Waals surface area contributed by atoms with Gasteiger partial charge in [0.05, 0.1) is 60.7 Å². The van der Waals surface area contributed by atoms with Gasteiger partial charge in [0.1, 0.15) is 36.5 Å². The number of carbonyl (C=O) groups is 4. The topological polar surface area (TPSA) is 325 Å². The number of carboxylic acids is 2. The molecule has 91 heavy (non-hydrogen) atoms. The molecule has 3 aromatic carbocycles. The lowest BCUT2D eigenvalue weighted by molar-refractivity contribution is -0.271. The number of pyridine rings is 1. The minimum Gasteiger partial charge on any atom is -0.479 e. The summed E-state index contributed by atoms with van der Waals surface area (Å²) < 4.78 is 38.3. The molecule has 2 unspecified atom stereocenters. The number of likely N-dealkylation sites (N-methyl/N-ethyl adjacent to an activating group) is 1. The van der Waals surface area contributed by atoms with E-state index in [4.69, 9.17) is 44.2 Å². The minimum absolute atomic E-state index is 0.0255. The van der Waals surface area contributed by atoms with Crippen molar-refractivity contribution < 1.29 is 73.1 Å². The van der Waals surface area contributed by atoms with E-state index in [0.717, 1.165) is 71.1 Å². The Bertz CT molecular complexity index is 3620. The largest absolute Gasteiger partial charge is 0.479 e. The Morgan fingerprint density at radius 3 is 2.40 bits per heavy atom. The van der Waals surface area contributed by atoms with Crippen LogP contribution in [0.4, 0.5) is 21.4 Å². The number of nitrogens with zero attached hydrogens (tertiary/aromatic N) is 6. The number of fused-ring (bicyclic) bond motifs is 2. The number of aliphatic hydroxyl groups excluding tert-OH is 3. The van der Waals surface area contributed by atoms with Crippen LogP contribution in [0, 0.1) is 23.2 Å². The van der Waals surface area contributed by atoms with Gasteiger partial charge in [0.15, 0.2) is 16.9 Å². The quantitative estimate of drug-likeness (QED) is 0.0233. The number of carbonyl (C=O) groups excluding carboxylic acids is 2. The number of amides is 2. The van der Waals surface area contributed by atoms with Gasteiger partial charge in [0.25, 0.3) is 5.91 Å². The van der Waals surface area contributed by atoms with Gasteiger partial charge in [-0.3, -0.25) is 14.8 Å². The molecule has 5 fully saturated rings.